The minimum Gasteiger partial charge on any atom is -0.399 e. The van der Waals surface area contributed by atoms with Crippen molar-refractivity contribution in [3.63, 3.8) is 0 Å². The zero-order valence-corrected chi connectivity index (χ0v) is 8.54. The molecule has 14 heavy (non-hydrogen) atoms. The number of benzene rings is 1. The molecule has 0 aliphatic rings. The number of rotatable bonds is 3. The molecule has 0 amide bonds. The van der Waals surface area contributed by atoms with Gasteiger partial charge in [-0.15, -0.1) is 0 Å². The van der Waals surface area contributed by atoms with Crippen LogP contribution in [0.25, 0.3) is 0 Å². The van der Waals surface area contributed by atoms with Crippen molar-refractivity contribution < 1.29 is 12.6 Å². The molecule has 0 unspecified atom stereocenters. The first-order valence-corrected chi connectivity index (χ1v) is 5.42. The Balaban J connectivity index is 3.20. The Kier molecular flexibility index (Phi) is 2.97. The largest absolute Gasteiger partial charge is 0.399 e. The van der Waals surface area contributed by atoms with Gasteiger partial charge in [0.2, 0.25) is 0 Å². The minimum absolute atomic E-state index is 0.0476. The number of hydrogen-bond donors (Lipinski definition) is 2. The van der Waals surface area contributed by atoms with Gasteiger partial charge < -0.3 is 11.5 Å². The predicted octanol–water partition coefficient (Wildman–Crippen LogP) is 0.576. The van der Waals surface area contributed by atoms with E-state index < -0.39 is 10.1 Å². The lowest BCUT2D eigenvalue weighted by atomic mass is 10.3. The highest BCUT2D eigenvalue weighted by Gasteiger charge is 2.17. The van der Waals surface area contributed by atoms with Gasteiger partial charge in [0, 0.05) is 5.69 Å². The fourth-order valence-corrected chi connectivity index (χ4v) is 2.03. The topological polar surface area (TPSA) is 95.4 Å². The average molecular weight is 216 g/mol. The summed E-state index contributed by atoms with van der Waals surface area (Å²) in [6.07, 6.45) is 0. The quantitative estimate of drug-likeness (QED) is 0.569. The molecular weight excluding hydrogens is 204 g/mol. The molecule has 0 aliphatic heterocycles. The van der Waals surface area contributed by atoms with Crippen molar-refractivity contribution >= 4 is 21.5 Å². The summed E-state index contributed by atoms with van der Waals surface area (Å²) in [5.74, 6) is 0. The van der Waals surface area contributed by atoms with E-state index in [-0.39, 0.29) is 17.2 Å². The van der Waals surface area contributed by atoms with Crippen LogP contribution in [-0.2, 0) is 14.3 Å². The van der Waals surface area contributed by atoms with Gasteiger partial charge in [-0.3, -0.25) is 4.18 Å². The molecule has 0 saturated heterocycles. The lowest BCUT2D eigenvalue weighted by Crippen LogP contribution is -2.09. The van der Waals surface area contributed by atoms with E-state index in [4.69, 9.17) is 11.5 Å². The highest BCUT2D eigenvalue weighted by molar-refractivity contribution is 7.87. The minimum atomic E-state index is -3.74. The second kappa shape index (κ2) is 3.85. The fraction of sp³-hybridized carbons (Fsp3) is 0.250. The van der Waals surface area contributed by atoms with Crippen LogP contribution in [0.2, 0.25) is 0 Å². The number of anilines is 2. The van der Waals surface area contributed by atoms with E-state index in [1.807, 2.05) is 0 Å². The summed E-state index contributed by atoms with van der Waals surface area (Å²) in [5, 5.41) is 0. The Hall–Kier alpha value is -1.27. The third-order valence-electron chi connectivity index (χ3n) is 1.58. The van der Waals surface area contributed by atoms with Crippen molar-refractivity contribution in [1.29, 1.82) is 0 Å². The zero-order valence-electron chi connectivity index (χ0n) is 7.73. The molecular formula is C8H12N2O3S. The fourth-order valence-electron chi connectivity index (χ4n) is 1.01. The van der Waals surface area contributed by atoms with Gasteiger partial charge in [0.05, 0.1) is 12.3 Å². The van der Waals surface area contributed by atoms with Crippen molar-refractivity contribution in [2.24, 2.45) is 0 Å². The molecule has 0 bridgehead atoms. The molecule has 0 atom stereocenters. The lowest BCUT2D eigenvalue weighted by molar-refractivity contribution is 0.338. The predicted molar refractivity (Wildman–Crippen MR) is 54.1 cm³/mol. The normalized spacial score (nSPS) is 11.5. The maximum Gasteiger partial charge on any atom is 0.299 e. The van der Waals surface area contributed by atoms with E-state index in [9.17, 15) is 8.42 Å². The summed E-state index contributed by atoms with van der Waals surface area (Å²) in [4.78, 5) is -0.0476. The lowest BCUT2D eigenvalue weighted by Gasteiger charge is -2.06. The van der Waals surface area contributed by atoms with Crippen LogP contribution in [0.3, 0.4) is 0 Å². The van der Waals surface area contributed by atoms with Crippen molar-refractivity contribution in [2.45, 2.75) is 11.8 Å². The van der Waals surface area contributed by atoms with Gasteiger partial charge in [-0.2, -0.15) is 8.42 Å². The Bertz CT molecular complexity index is 428. The summed E-state index contributed by atoms with van der Waals surface area (Å²) in [5.41, 5.74) is 11.4. The summed E-state index contributed by atoms with van der Waals surface area (Å²) in [6, 6.07) is 4.17. The summed E-state index contributed by atoms with van der Waals surface area (Å²) >= 11 is 0. The molecule has 0 spiro atoms. The maximum atomic E-state index is 11.4. The monoisotopic (exact) mass is 216 g/mol. The van der Waals surface area contributed by atoms with Crippen LogP contribution in [0.5, 0.6) is 0 Å². The molecule has 0 heterocycles. The summed E-state index contributed by atoms with van der Waals surface area (Å²) in [6.45, 7) is 1.66. The molecule has 0 saturated carbocycles. The summed E-state index contributed by atoms with van der Waals surface area (Å²) < 4.78 is 27.4. The second-order valence-electron chi connectivity index (χ2n) is 2.66. The smallest absolute Gasteiger partial charge is 0.299 e. The number of hydrogen-bond acceptors (Lipinski definition) is 5. The Morgan fingerprint density at radius 2 is 2.00 bits per heavy atom. The van der Waals surface area contributed by atoms with Gasteiger partial charge in [-0.1, -0.05) is 0 Å². The van der Waals surface area contributed by atoms with Gasteiger partial charge in [0.1, 0.15) is 4.90 Å². The van der Waals surface area contributed by atoms with Crippen LogP contribution in [0, 0.1) is 0 Å². The first-order valence-electron chi connectivity index (χ1n) is 4.02. The summed E-state index contributed by atoms with van der Waals surface area (Å²) in [7, 11) is -3.74. The van der Waals surface area contributed by atoms with E-state index in [1.165, 1.54) is 18.2 Å². The molecule has 1 aromatic rings. The van der Waals surface area contributed by atoms with E-state index in [0.29, 0.717) is 5.69 Å². The van der Waals surface area contributed by atoms with Crippen LogP contribution >= 0.6 is 0 Å². The van der Waals surface area contributed by atoms with Crippen molar-refractivity contribution in [2.75, 3.05) is 18.1 Å². The molecule has 0 aromatic heterocycles. The Morgan fingerprint density at radius 3 is 2.50 bits per heavy atom. The van der Waals surface area contributed by atoms with Gasteiger partial charge in [0.15, 0.2) is 0 Å². The Labute approximate surface area is 82.8 Å². The highest BCUT2D eigenvalue weighted by Crippen LogP contribution is 2.22. The SMILES string of the molecule is CCOS(=O)(=O)c1ccc(N)cc1N. The van der Waals surface area contributed by atoms with Crippen molar-refractivity contribution in [3.8, 4) is 0 Å². The third-order valence-corrected chi connectivity index (χ3v) is 3.03. The number of nitrogens with two attached hydrogens (primary N) is 2. The van der Waals surface area contributed by atoms with E-state index in [0.717, 1.165) is 0 Å². The van der Waals surface area contributed by atoms with Gasteiger partial charge in [-0.05, 0) is 25.1 Å². The molecule has 0 fully saturated rings. The molecule has 6 heteroatoms. The van der Waals surface area contributed by atoms with Gasteiger partial charge in [-0.25, -0.2) is 0 Å². The van der Waals surface area contributed by atoms with Gasteiger partial charge >= 0.3 is 0 Å². The molecule has 1 rings (SSSR count). The maximum absolute atomic E-state index is 11.4. The van der Waals surface area contributed by atoms with Crippen LogP contribution in [0.15, 0.2) is 23.1 Å². The van der Waals surface area contributed by atoms with Gasteiger partial charge in [0.25, 0.3) is 10.1 Å². The first-order chi connectivity index (χ1) is 6.47. The van der Waals surface area contributed by atoms with Crippen molar-refractivity contribution in [3.05, 3.63) is 18.2 Å². The van der Waals surface area contributed by atoms with Crippen LogP contribution in [-0.4, -0.2) is 15.0 Å². The molecule has 78 valence electrons. The average Bonchev–Trinajstić information content (AvgIpc) is 2.02. The molecule has 5 nitrogen and oxygen atoms in total. The molecule has 1 aromatic carbocycles. The van der Waals surface area contributed by atoms with E-state index >= 15 is 0 Å². The van der Waals surface area contributed by atoms with E-state index in [2.05, 4.69) is 4.18 Å². The standard InChI is InChI=1S/C8H12N2O3S/c1-2-13-14(11,12)8-4-3-6(9)5-7(8)10/h3-5H,2,9-10H2,1H3. The number of nitrogen functional groups attached to an aromatic ring is 2. The van der Waals surface area contributed by atoms with Crippen LogP contribution < -0.4 is 11.5 Å². The Morgan fingerprint density at radius 1 is 1.36 bits per heavy atom. The zero-order chi connectivity index (χ0) is 10.8. The van der Waals surface area contributed by atoms with Crippen LogP contribution in [0.1, 0.15) is 6.92 Å². The molecule has 0 aliphatic carbocycles. The van der Waals surface area contributed by atoms with E-state index in [1.54, 1.807) is 6.92 Å². The van der Waals surface area contributed by atoms with Crippen molar-refractivity contribution in [1.82, 2.24) is 0 Å². The second-order valence-corrected chi connectivity index (χ2v) is 4.24. The third kappa shape index (κ3) is 2.15. The molecule has 4 N–H and O–H groups in total. The van der Waals surface area contributed by atoms with Crippen LogP contribution in [0.4, 0.5) is 11.4 Å². The molecule has 0 radical (unpaired) electrons. The first kappa shape index (κ1) is 10.8. The highest BCUT2D eigenvalue weighted by atomic mass is 32.2.